The summed E-state index contributed by atoms with van der Waals surface area (Å²) in [5.74, 6) is 0.934. The van der Waals surface area contributed by atoms with Crippen LogP contribution in [0.2, 0.25) is 10.0 Å². The molecule has 92 valence electrons. The zero-order chi connectivity index (χ0) is 13.1. The second kappa shape index (κ2) is 5.42. The number of halogens is 2. The smallest absolute Gasteiger partial charge is 0.163 e. The van der Waals surface area contributed by atoms with E-state index in [2.05, 4.69) is 0 Å². The van der Waals surface area contributed by atoms with Crippen molar-refractivity contribution < 1.29 is 9.53 Å². The Morgan fingerprint density at radius 3 is 2.28 bits per heavy atom. The van der Waals surface area contributed by atoms with Gasteiger partial charge in [0.2, 0.25) is 0 Å². The second-order valence-corrected chi connectivity index (χ2v) is 4.63. The van der Waals surface area contributed by atoms with Crippen LogP contribution >= 0.6 is 23.2 Å². The van der Waals surface area contributed by atoms with Crippen molar-refractivity contribution in [2.24, 2.45) is 0 Å². The maximum atomic E-state index is 11.5. The Labute approximate surface area is 115 Å². The van der Waals surface area contributed by atoms with Crippen molar-refractivity contribution in [2.75, 3.05) is 0 Å². The normalized spacial score (nSPS) is 10.2. The monoisotopic (exact) mass is 280 g/mol. The van der Waals surface area contributed by atoms with Crippen molar-refractivity contribution >= 4 is 29.0 Å². The van der Waals surface area contributed by atoms with E-state index in [-0.39, 0.29) is 5.78 Å². The van der Waals surface area contributed by atoms with Gasteiger partial charge in [-0.3, -0.25) is 4.79 Å². The number of carbonyl (C=O) groups excluding carboxylic acids is 1. The third-order valence-electron chi connectivity index (χ3n) is 2.33. The van der Waals surface area contributed by atoms with Crippen LogP contribution in [0.4, 0.5) is 0 Å². The highest BCUT2D eigenvalue weighted by Gasteiger charge is 2.09. The van der Waals surface area contributed by atoms with Gasteiger partial charge in [0.25, 0.3) is 0 Å². The van der Waals surface area contributed by atoms with Gasteiger partial charge in [0, 0.05) is 10.0 Å². The Hall–Kier alpha value is -1.51. The van der Waals surface area contributed by atoms with E-state index in [0.29, 0.717) is 27.1 Å². The third kappa shape index (κ3) is 3.03. The average Bonchev–Trinajstić information content (AvgIpc) is 2.27. The van der Waals surface area contributed by atoms with E-state index in [1.54, 1.807) is 42.5 Å². The molecule has 0 saturated heterocycles. The molecule has 0 atom stereocenters. The highest BCUT2D eigenvalue weighted by atomic mass is 35.5. The molecule has 0 aliphatic carbocycles. The van der Waals surface area contributed by atoms with Gasteiger partial charge in [-0.15, -0.1) is 0 Å². The van der Waals surface area contributed by atoms with Gasteiger partial charge in [-0.25, -0.2) is 0 Å². The summed E-state index contributed by atoms with van der Waals surface area (Å²) in [7, 11) is 0. The molecule has 0 aliphatic rings. The molecule has 2 nitrogen and oxygen atoms in total. The van der Waals surface area contributed by atoms with E-state index in [9.17, 15) is 4.79 Å². The average molecular weight is 281 g/mol. The molecule has 0 N–H and O–H groups in total. The van der Waals surface area contributed by atoms with Gasteiger partial charge in [-0.1, -0.05) is 35.3 Å². The van der Waals surface area contributed by atoms with Crippen LogP contribution in [0.25, 0.3) is 0 Å². The maximum Gasteiger partial charge on any atom is 0.163 e. The lowest BCUT2D eigenvalue weighted by atomic mass is 10.1. The predicted octanol–water partition coefficient (Wildman–Crippen LogP) is 4.99. The number of hydrogen-bond donors (Lipinski definition) is 0. The zero-order valence-electron chi connectivity index (χ0n) is 9.61. The van der Waals surface area contributed by atoms with Crippen LogP contribution in [0, 0.1) is 0 Å². The quantitative estimate of drug-likeness (QED) is 0.741. The fraction of sp³-hybridized carbons (Fsp3) is 0.0714. The summed E-state index contributed by atoms with van der Waals surface area (Å²) >= 11 is 11.8. The van der Waals surface area contributed by atoms with Crippen molar-refractivity contribution in [2.45, 2.75) is 6.92 Å². The van der Waals surface area contributed by atoms with E-state index in [4.69, 9.17) is 27.9 Å². The summed E-state index contributed by atoms with van der Waals surface area (Å²) in [5, 5.41) is 0.968. The van der Waals surface area contributed by atoms with Gasteiger partial charge in [0.05, 0.1) is 5.56 Å². The molecular formula is C14H10Cl2O2. The largest absolute Gasteiger partial charge is 0.457 e. The number of para-hydroxylation sites is 1. The Morgan fingerprint density at radius 1 is 1.06 bits per heavy atom. The highest BCUT2D eigenvalue weighted by Crippen LogP contribution is 2.30. The van der Waals surface area contributed by atoms with Gasteiger partial charge in [-0.2, -0.15) is 0 Å². The molecule has 0 heterocycles. The lowest BCUT2D eigenvalue weighted by Gasteiger charge is -2.09. The zero-order valence-corrected chi connectivity index (χ0v) is 11.1. The van der Waals surface area contributed by atoms with Crippen LogP contribution in [0.15, 0.2) is 42.5 Å². The number of ether oxygens (including phenoxy) is 1. The van der Waals surface area contributed by atoms with Crippen molar-refractivity contribution in [3.8, 4) is 11.5 Å². The van der Waals surface area contributed by atoms with Gasteiger partial charge in [0.1, 0.15) is 11.5 Å². The number of carbonyl (C=O) groups is 1. The van der Waals surface area contributed by atoms with Gasteiger partial charge in [0.15, 0.2) is 5.78 Å². The van der Waals surface area contributed by atoms with Crippen LogP contribution in [0.1, 0.15) is 17.3 Å². The second-order valence-electron chi connectivity index (χ2n) is 3.76. The highest BCUT2D eigenvalue weighted by molar-refractivity contribution is 6.34. The fourth-order valence-corrected chi connectivity index (χ4v) is 2.07. The minimum absolute atomic E-state index is 0.0567. The number of benzene rings is 2. The van der Waals surface area contributed by atoms with Crippen molar-refractivity contribution in [1.29, 1.82) is 0 Å². The van der Waals surface area contributed by atoms with Crippen LogP contribution in [0.5, 0.6) is 11.5 Å². The molecule has 2 aromatic rings. The molecule has 0 unspecified atom stereocenters. The number of Topliss-reactive ketones (excluding diaryl/α,β-unsaturated/α-hetero) is 1. The number of rotatable bonds is 3. The van der Waals surface area contributed by atoms with Crippen molar-refractivity contribution in [3.63, 3.8) is 0 Å². The standard InChI is InChI=1S/C14H10Cl2O2/c1-9(17)13-4-2-3-5-14(13)18-12-7-10(15)6-11(16)8-12/h2-8H,1H3. The lowest BCUT2D eigenvalue weighted by molar-refractivity contribution is 0.101. The maximum absolute atomic E-state index is 11.5. The Bertz CT molecular complexity index is 574. The SMILES string of the molecule is CC(=O)c1ccccc1Oc1cc(Cl)cc(Cl)c1. The summed E-state index contributed by atoms with van der Waals surface area (Å²) in [4.78, 5) is 11.5. The van der Waals surface area contributed by atoms with Crippen LogP contribution in [-0.2, 0) is 0 Å². The topological polar surface area (TPSA) is 26.3 Å². The molecular weight excluding hydrogens is 271 g/mol. The predicted molar refractivity (Wildman–Crippen MR) is 73.0 cm³/mol. The van der Waals surface area contributed by atoms with Crippen LogP contribution < -0.4 is 4.74 Å². The summed E-state index contributed by atoms with van der Waals surface area (Å²) in [5.41, 5.74) is 0.522. The summed E-state index contributed by atoms with van der Waals surface area (Å²) in [6, 6.07) is 11.9. The fourth-order valence-electron chi connectivity index (χ4n) is 1.56. The first kappa shape index (κ1) is 12.9. The van der Waals surface area contributed by atoms with Gasteiger partial charge >= 0.3 is 0 Å². The first-order valence-electron chi connectivity index (χ1n) is 5.30. The molecule has 4 heteroatoms. The molecule has 0 amide bonds. The molecule has 18 heavy (non-hydrogen) atoms. The number of ketones is 1. The van der Waals surface area contributed by atoms with Crippen molar-refractivity contribution in [1.82, 2.24) is 0 Å². The molecule has 2 rings (SSSR count). The Kier molecular flexibility index (Phi) is 3.90. The minimum Gasteiger partial charge on any atom is -0.457 e. The van der Waals surface area contributed by atoms with E-state index < -0.39 is 0 Å². The summed E-state index contributed by atoms with van der Waals surface area (Å²) in [6.45, 7) is 1.49. The molecule has 0 radical (unpaired) electrons. The van der Waals surface area contributed by atoms with Gasteiger partial charge < -0.3 is 4.74 Å². The first-order valence-corrected chi connectivity index (χ1v) is 6.06. The molecule has 0 aromatic heterocycles. The molecule has 0 fully saturated rings. The summed E-state index contributed by atoms with van der Waals surface area (Å²) < 4.78 is 5.64. The van der Waals surface area contributed by atoms with E-state index in [1.165, 1.54) is 6.92 Å². The number of hydrogen-bond acceptors (Lipinski definition) is 2. The molecule has 0 bridgehead atoms. The molecule has 0 aliphatic heterocycles. The minimum atomic E-state index is -0.0567. The van der Waals surface area contributed by atoms with E-state index in [1.807, 2.05) is 0 Å². The van der Waals surface area contributed by atoms with Crippen LogP contribution in [0.3, 0.4) is 0 Å². The Balaban J connectivity index is 2.37. The first-order chi connectivity index (χ1) is 8.56. The third-order valence-corrected chi connectivity index (χ3v) is 2.77. The van der Waals surface area contributed by atoms with E-state index >= 15 is 0 Å². The Morgan fingerprint density at radius 2 is 1.67 bits per heavy atom. The molecule has 0 spiro atoms. The lowest BCUT2D eigenvalue weighted by Crippen LogP contribution is -1.96. The molecule has 0 saturated carbocycles. The van der Waals surface area contributed by atoms with Crippen LogP contribution in [-0.4, -0.2) is 5.78 Å². The van der Waals surface area contributed by atoms with Gasteiger partial charge in [-0.05, 0) is 37.3 Å². The molecule has 2 aromatic carbocycles. The van der Waals surface area contributed by atoms with E-state index in [0.717, 1.165) is 0 Å². The van der Waals surface area contributed by atoms with Crippen molar-refractivity contribution in [3.05, 3.63) is 58.1 Å². The summed E-state index contributed by atoms with van der Waals surface area (Å²) in [6.07, 6.45) is 0.